The lowest BCUT2D eigenvalue weighted by molar-refractivity contribution is -0.120. The highest BCUT2D eigenvalue weighted by molar-refractivity contribution is 7.98. The van der Waals surface area contributed by atoms with E-state index in [1.165, 1.54) is 17.7 Å². The number of nitrogens with one attached hydrogen (secondary N) is 1. The van der Waals surface area contributed by atoms with Gasteiger partial charge in [-0.25, -0.2) is 4.39 Å². The Kier molecular flexibility index (Phi) is 7.67. The molecule has 0 heterocycles. The third-order valence-electron chi connectivity index (χ3n) is 3.46. The first-order valence-corrected chi connectivity index (χ1v) is 9.02. The number of carbonyl (C=O) groups is 1. The Morgan fingerprint density at radius 1 is 1.00 bits per heavy atom. The topological polar surface area (TPSA) is 29.1 Å². The molecule has 0 aromatic heterocycles. The monoisotopic (exact) mass is 331 g/mol. The molecule has 0 unspecified atom stereocenters. The minimum absolute atomic E-state index is 0.102. The normalized spacial score (nSPS) is 10.5. The Labute approximate surface area is 141 Å². The van der Waals surface area contributed by atoms with Gasteiger partial charge in [-0.3, -0.25) is 4.79 Å². The molecule has 0 aliphatic heterocycles. The van der Waals surface area contributed by atoms with Crippen molar-refractivity contribution in [1.29, 1.82) is 0 Å². The van der Waals surface area contributed by atoms with Crippen molar-refractivity contribution in [3.8, 4) is 0 Å². The molecule has 2 aromatic carbocycles. The van der Waals surface area contributed by atoms with Gasteiger partial charge in [-0.2, -0.15) is 11.8 Å². The van der Waals surface area contributed by atoms with Crippen molar-refractivity contribution in [3.63, 3.8) is 0 Å². The van der Waals surface area contributed by atoms with E-state index in [1.807, 2.05) is 18.2 Å². The third-order valence-corrected chi connectivity index (χ3v) is 4.49. The highest BCUT2D eigenvalue weighted by Crippen LogP contribution is 2.12. The van der Waals surface area contributed by atoms with Gasteiger partial charge in [0.2, 0.25) is 5.91 Å². The lowest BCUT2D eigenvalue weighted by Crippen LogP contribution is -2.25. The lowest BCUT2D eigenvalue weighted by atomic mass is 10.1. The summed E-state index contributed by atoms with van der Waals surface area (Å²) in [4.78, 5) is 11.7. The van der Waals surface area contributed by atoms with Crippen LogP contribution in [0.3, 0.4) is 0 Å². The number of rotatable bonds is 9. The van der Waals surface area contributed by atoms with E-state index < -0.39 is 0 Å². The zero-order valence-electron chi connectivity index (χ0n) is 13.1. The summed E-state index contributed by atoms with van der Waals surface area (Å²) in [6, 6.07) is 16.8. The summed E-state index contributed by atoms with van der Waals surface area (Å²) in [5.74, 6) is 1.66. The van der Waals surface area contributed by atoms with E-state index >= 15 is 0 Å². The zero-order valence-corrected chi connectivity index (χ0v) is 13.9. The van der Waals surface area contributed by atoms with Crippen molar-refractivity contribution in [2.24, 2.45) is 0 Å². The Hall–Kier alpha value is -1.81. The van der Waals surface area contributed by atoms with Gasteiger partial charge in [-0.1, -0.05) is 42.5 Å². The number of benzene rings is 2. The maximum atomic E-state index is 12.8. The first kappa shape index (κ1) is 17.5. The first-order valence-electron chi connectivity index (χ1n) is 7.87. The average molecular weight is 331 g/mol. The van der Waals surface area contributed by atoms with Gasteiger partial charge in [0.05, 0.1) is 0 Å². The summed E-state index contributed by atoms with van der Waals surface area (Å²) in [5.41, 5.74) is 2.39. The molecule has 0 bridgehead atoms. The molecule has 0 spiro atoms. The second-order valence-corrected chi connectivity index (χ2v) is 6.47. The van der Waals surface area contributed by atoms with Crippen LogP contribution in [0.5, 0.6) is 0 Å². The summed E-state index contributed by atoms with van der Waals surface area (Å²) >= 11 is 1.78. The molecule has 0 saturated heterocycles. The fourth-order valence-corrected chi connectivity index (χ4v) is 3.09. The van der Waals surface area contributed by atoms with Crippen molar-refractivity contribution in [3.05, 3.63) is 71.5 Å². The molecule has 2 nitrogen and oxygen atoms in total. The van der Waals surface area contributed by atoms with E-state index in [0.29, 0.717) is 13.0 Å². The average Bonchev–Trinajstić information content (AvgIpc) is 2.58. The summed E-state index contributed by atoms with van der Waals surface area (Å²) in [6.45, 7) is 0.666. The van der Waals surface area contributed by atoms with Gasteiger partial charge in [-0.05, 0) is 36.1 Å². The van der Waals surface area contributed by atoms with Crippen LogP contribution in [0, 0.1) is 5.82 Å². The van der Waals surface area contributed by atoms with Gasteiger partial charge in [0.25, 0.3) is 0 Å². The van der Waals surface area contributed by atoms with E-state index in [4.69, 9.17) is 0 Å². The van der Waals surface area contributed by atoms with E-state index in [9.17, 15) is 9.18 Å². The molecule has 1 amide bonds. The summed E-state index contributed by atoms with van der Waals surface area (Å²) in [7, 11) is 0. The zero-order chi connectivity index (χ0) is 16.3. The minimum Gasteiger partial charge on any atom is -0.356 e. The van der Waals surface area contributed by atoms with Crippen molar-refractivity contribution in [2.45, 2.75) is 25.0 Å². The number of thioether (sulfide) groups is 1. The molecule has 2 aromatic rings. The van der Waals surface area contributed by atoms with Crippen LogP contribution < -0.4 is 5.32 Å². The van der Waals surface area contributed by atoms with Gasteiger partial charge < -0.3 is 5.32 Å². The van der Waals surface area contributed by atoms with E-state index in [2.05, 4.69) is 17.4 Å². The molecule has 2 rings (SSSR count). The largest absolute Gasteiger partial charge is 0.356 e. The standard InChI is InChI=1S/C19H22FNOS/c20-18-10-8-16(9-11-18)7-4-13-21-19(22)12-14-23-15-17-5-2-1-3-6-17/h1-3,5-6,8-11H,4,7,12-15H2,(H,21,22). The molecule has 1 N–H and O–H groups in total. The summed E-state index contributed by atoms with van der Waals surface area (Å²) < 4.78 is 12.8. The van der Waals surface area contributed by atoms with Crippen LogP contribution in [0.15, 0.2) is 54.6 Å². The predicted octanol–water partition coefficient (Wildman–Crippen LogP) is 4.20. The van der Waals surface area contributed by atoms with Gasteiger partial charge >= 0.3 is 0 Å². The van der Waals surface area contributed by atoms with Gasteiger partial charge in [0.1, 0.15) is 5.82 Å². The maximum absolute atomic E-state index is 12.8. The number of carbonyl (C=O) groups excluding carboxylic acids is 1. The smallest absolute Gasteiger partial charge is 0.220 e. The van der Waals surface area contributed by atoms with Crippen LogP contribution in [0.2, 0.25) is 0 Å². The highest BCUT2D eigenvalue weighted by atomic mass is 32.2. The summed E-state index contributed by atoms with van der Waals surface area (Å²) in [6.07, 6.45) is 2.27. The Balaban J connectivity index is 1.51. The predicted molar refractivity (Wildman–Crippen MR) is 95.0 cm³/mol. The van der Waals surface area contributed by atoms with Crippen LogP contribution >= 0.6 is 11.8 Å². The molecular weight excluding hydrogens is 309 g/mol. The fraction of sp³-hybridized carbons (Fsp3) is 0.316. The lowest BCUT2D eigenvalue weighted by Gasteiger charge is -2.06. The van der Waals surface area contributed by atoms with E-state index in [0.717, 1.165) is 29.9 Å². The molecular formula is C19H22FNOS. The van der Waals surface area contributed by atoms with Crippen molar-refractivity contribution in [1.82, 2.24) is 5.32 Å². The summed E-state index contributed by atoms with van der Waals surface area (Å²) in [5, 5.41) is 2.94. The quantitative estimate of drug-likeness (QED) is 0.698. The van der Waals surface area contributed by atoms with Gasteiger partial charge in [0, 0.05) is 24.5 Å². The van der Waals surface area contributed by atoms with Crippen molar-refractivity contribution >= 4 is 17.7 Å². The Morgan fingerprint density at radius 2 is 1.74 bits per heavy atom. The van der Waals surface area contributed by atoms with Crippen LogP contribution in [-0.2, 0) is 17.0 Å². The Bertz CT molecular complexity index is 586. The molecule has 0 fully saturated rings. The third kappa shape index (κ3) is 7.33. The van der Waals surface area contributed by atoms with Crippen LogP contribution in [0.25, 0.3) is 0 Å². The number of amides is 1. The molecule has 4 heteroatoms. The molecule has 0 radical (unpaired) electrons. The van der Waals surface area contributed by atoms with Crippen LogP contribution in [-0.4, -0.2) is 18.2 Å². The number of hydrogen-bond acceptors (Lipinski definition) is 2. The molecule has 0 saturated carbocycles. The Morgan fingerprint density at radius 3 is 2.48 bits per heavy atom. The molecule has 0 atom stereocenters. The van der Waals surface area contributed by atoms with Crippen LogP contribution in [0.1, 0.15) is 24.0 Å². The first-order chi connectivity index (χ1) is 11.2. The minimum atomic E-state index is -0.213. The second-order valence-electron chi connectivity index (χ2n) is 5.37. The van der Waals surface area contributed by atoms with Gasteiger partial charge in [0.15, 0.2) is 0 Å². The number of hydrogen-bond donors (Lipinski definition) is 1. The van der Waals surface area contributed by atoms with Crippen molar-refractivity contribution in [2.75, 3.05) is 12.3 Å². The highest BCUT2D eigenvalue weighted by Gasteiger charge is 2.01. The second kappa shape index (κ2) is 10.1. The SMILES string of the molecule is O=C(CCSCc1ccccc1)NCCCc1ccc(F)cc1. The molecule has 23 heavy (non-hydrogen) atoms. The van der Waals surface area contributed by atoms with Gasteiger partial charge in [-0.15, -0.1) is 0 Å². The van der Waals surface area contributed by atoms with E-state index in [1.54, 1.807) is 23.9 Å². The fourth-order valence-electron chi connectivity index (χ4n) is 2.19. The molecule has 0 aliphatic rings. The number of halogens is 1. The van der Waals surface area contributed by atoms with Crippen molar-refractivity contribution < 1.29 is 9.18 Å². The number of aryl methyl sites for hydroxylation is 1. The van der Waals surface area contributed by atoms with Crippen LogP contribution in [0.4, 0.5) is 4.39 Å². The van der Waals surface area contributed by atoms with E-state index in [-0.39, 0.29) is 11.7 Å². The molecule has 122 valence electrons. The maximum Gasteiger partial charge on any atom is 0.220 e. The molecule has 0 aliphatic carbocycles.